The molecule has 1 saturated heterocycles. The highest BCUT2D eigenvalue weighted by molar-refractivity contribution is 5.90. The van der Waals surface area contributed by atoms with Crippen LogP contribution in [0.3, 0.4) is 0 Å². The number of allylic oxidation sites excluding steroid dienone is 2. The van der Waals surface area contributed by atoms with E-state index in [1.54, 1.807) is 5.57 Å². The van der Waals surface area contributed by atoms with Gasteiger partial charge in [0.25, 0.3) is 0 Å². The van der Waals surface area contributed by atoms with Gasteiger partial charge in [-0.1, -0.05) is 38.3 Å². The van der Waals surface area contributed by atoms with Gasteiger partial charge in [-0.3, -0.25) is 4.79 Å². The lowest BCUT2D eigenvalue weighted by molar-refractivity contribution is -0.242. The van der Waals surface area contributed by atoms with Crippen molar-refractivity contribution in [2.45, 2.75) is 90.3 Å². The normalized spacial score (nSPS) is 48.4. The number of ether oxygens (including phenoxy) is 2. The Bertz CT molecular complexity index is 726. The lowest BCUT2D eigenvalue weighted by atomic mass is 9.44. The second-order valence-corrected chi connectivity index (χ2v) is 11.3. The van der Waals surface area contributed by atoms with Crippen LogP contribution < -0.4 is 0 Å². The molecule has 0 aromatic carbocycles. The molecule has 154 valence electrons. The van der Waals surface area contributed by atoms with E-state index in [-0.39, 0.29) is 22.0 Å². The van der Waals surface area contributed by atoms with E-state index >= 15 is 0 Å². The summed E-state index contributed by atoms with van der Waals surface area (Å²) in [6.07, 6.45) is 15.2. The van der Waals surface area contributed by atoms with E-state index in [0.717, 1.165) is 57.2 Å². The largest absolute Gasteiger partial charge is 0.347 e. The van der Waals surface area contributed by atoms with Gasteiger partial charge in [0.2, 0.25) is 0 Å². The average Bonchev–Trinajstić information content (AvgIpc) is 3.41. The summed E-state index contributed by atoms with van der Waals surface area (Å²) in [6.45, 7) is 6.54. The van der Waals surface area contributed by atoms with E-state index in [2.05, 4.69) is 19.9 Å². The lowest BCUT2D eigenvalue weighted by Gasteiger charge is -2.60. The van der Waals surface area contributed by atoms with Crippen molar-refractivity contribution in [3.8, 4) is 0 Å². The first-order chi connectivity index (χ1) is 13.5. The van der Waals surface area contributed by atoms with Crippen LogP contribution in [0.5, 0.6) is 0 Å². The maximum absolute atomic E-state index is 13.1. The Morgan fingerprint density at radius 1 is 0.929 bits per heavy atom. The minimum Gasteiger partial charge on any atom is -0.347 e. The molecule has 3 heteroatoms. The topological polar surface area (TPSA) is 35.5 Å². The van der Waals surface area contributed by atoms with Crippen LogP contribution in [0.15, 0.2) is 11.6 Å². The summed E-state index contributed by atoms with van der Waals surface area (Å²) in [5.41, 5.74) is 1.92. The van der Waals surface area contributed by atoms with Crippen molar-refractivity contribution in [2.24, 2.45) is 34.0 Å². The Labute approximate surface area is 169 Å². The molecular formula is C25H36O3. The second kappa shape index (κ2) is 5.72. The van der Waals surface area contributed by atoms with Crippen LogP contribution in [-0.4, -0.2) is 24.8 Å². The van der Waals surface area contributed by atoms with E-state index in [0.29, 0.717) is 11.7 Å². The summed E-state index contributed by atoms with van der Waals surface area (Å²) in [7, 11) is 0. The summed E-state index contributed by atoms with van der Waals surface area (Å²) in [4.78, 5) is 13.1. The molecule has 5 atom stereocenters. The molecule has 0 N–H and O–H groups in total. The molecule has 0 aromatic rings. The zero-order chi connectivity index (χ0) is 19.2. The summed E-state index contributed by atoms with van der Waals surface area (Å²) in [6, 6.07) is 0. The molecule has 1 aliphatic heterocycles. The Balaban J connectivity index is 1.39. The third-order valence-corrected chi connectivity index (χ3v) is 10.6. The lowest BCUT2D eigenvalue weighted by Crippen LogP contribution is -2.57. The number of fused-ring (bicyclic) bond motifs is 7. The maximum Gasteiger partial charge on any atom is 0.174 e. The van der Waals surface area contributed by atoms with Crippen LogP contribution in [0.4, 0.5) is 0 Å². The molecule has 0 bridgehead atoms. The van der Waals surface area contributed by atoms with E-state index < -0.39 is 0 Å². The average molecular weight is 385 g/mol. The maximum atomic E-state index is 13.1. The molecule has 1 heterocycles. The smallest absolute Gasteiger partial charge is 0.174 e. The Morgan fingerprint density at radius 2 is 1.64 bits per heavy atom. The van der Waals surface area contributed by atoms with Gasteiger partial charge < -0.3 is 9.47 Å². The third kappa shape index (κ3) is 1.97. The van der Waals surface area contributed by atoms with Crippen LogP contribution in [-0.2, 0) is 14.3 Å². The highest BCUT2D eigenvalue weighted by Crippen LogP contribution is 2.70. The monoisotopic (exact) mass is 384 g/mol. The predicted molar refractivity (Wildman–Crippen MR) is 108 cm³/mol. The van der Waals surface area contributed by atoms with E-state index in [1.165, 1.54) is 38.5 Å². The number of Topliss-reactive ketones (excluding diaryl/α,β-unsaturated/α-hetero) is 1. The molecule has 3 nitrogen and oxygen atoms in total. The molecule has 5 aliphatic carbocycles. The molecular weight excluding hydrogens is 348 g/mol. The van der Waals surface area contributed by atoms with Crippen molar-refractivity contribution in [1.82, 2.24) is 0 Å². The van der Waals surface area contributed by atoms with Crippen molar-refractivity contribution in [3.63, 3.8) is 0 Å². The fraction of sp³-hybridized carbons (Fsp3) is 0.880. The molecule has 6 aliphatic rings. The zero-order valence-corrected chi connectivity index (χ0v) is 17.7. The van der Waals surface area contributed by atoms with Crippen molar-refractivity contribution >= 4 is 5.78 Å². The summed E-state index contributed by atoms with van der Waals surface area (Å²) < 4.78 is 12.6. The van der Waals surface area contributed by atoms with Gasteiger partial charge in [0.05, 0.1) is 18.6 Å². The van der Waals surface area contributed by atoms with Gasteiger partial charge in [0.1, 0.15) is 5.78 Å². The van der Waals surface area contributed by atoms with E-state index in [4.69, 9.17) is 9.47 Å². The first kappa shape index (κ1) is 18.1. The second-order valence-electron chi connectivity index (χ2n) is 11.3. The fourth-order valence-electron chi connectivity index (χ4n) is 9.33. The van der Waals surface area contributed by atoms with Crippen LogP contribution >= 0.6 is 0 Å². The SMILES string of the molecule is C[C@]12CCC(=O)C3(CCCC3)C1=CCC1[C@@H]2CC[C@@]2(C)[C@H]1CCC21OCCO1. The quantitative estimate of drug-likeness (QED) is 0.522. The molecule has 28 heavy (non-hydrogen) atoms. The first-order valence-corrected chi connectivity index (χ1v) is 12.0. The van der Waals surface area contributed by atoms with Gasteiger partial charge >= 0.3 is 0 Å². The van der Waals surface area contributed by atoms with Gasteiger partial charge in [0, 0.05) is 18.3 Å². The molecule has 0 amide bonds. The summed E-state index contributed by atoms with van der Waals surface area (Å²) in [5, 5.41) is 0. The van der Waals surface area contributed by atoms with Crippen LogP contribution in [0, 0.1) is 34.0 Å². The fourth-order valence-corrected chi connectivity index (χ4v) is 9.33. The molecule has 4 saturated carbocycles. The van der Waals surface area contributed by atoms with E-state index in [9.17, 15) is 4.79 Å². The van der Waals surface area contributed by atoms with Gasteiger partial charge in [0.15, 0.2) is 5.79 Å². The number of ketones is 1. The molecule has 0 aromatic heterocycles. The summed E-state index contributed by atoms with van der Waals surface area (Å²) >= 11 is 0. The van der Waals surface area contributed by atoms with Crippen molar-refractivity contribution in [1.29, 1.82) is 0 Å². The molecule has 2 spiro atoms. The van der Waals surface area contributed by atoms with Crippen LogP contribution in [0.1, 0.15) is 84.5 Å². The van der Waals surface area contributed by atoms with Gasteiger partial charge in [-0.15, -0.1) is 0 Å². The number of carbonyl (C=O) groups is 1. The molecule has 1 unspecified atom stereocenters. The van der Waals surface area contributed by atoms with Gasteiger partial charge in [-0.25, -0.2) is 0 Å². The van der Waals surface area contributed by atoms with Gasteiger partial charge in [-0.2, -0.15) is 0 Å². The Hall–Kier alpha value is -0.670. The Morgan fingerprint density at radius 3 is 2.39 bits per heavy atom. The molecule has 6 rings (SSSR count). The molecule has 5 fully saturated rings. The number of rotatable bonds is 0. The van der Waals surface area contributed by atoms with Crippen molar-refractivity contribution in [2.75, 3.05) is 13.2 Å². The van der Waals surface area contributed by atoms with Crippen LogP contribution in [0.25, 0.3) is 0 Å². The highest BCUT2D eigenvalue weighted by atomic mass is 16.7. The summed E-state index contributed by atoms with van der Waals surface area (Å²) in [5.74, 6) is 2.46. The van der Waals surface area contributed by atoms with E-state index in [1.807, 2.05) is 0 Å². The standard InChI is InChI=1S/C25H36O3/c1-22-12-9-21(26)24(10-3-4-11-24)20(22)6-5-17-18(22)7-13-23(2)19(17)8-14-25(23)27-15-16-28-25/h6,17-19H,3-5,7-16H2,1-2H3/t17?,18-,19-,22+,23-/m0/s1. The minimum absolute atomic E-state index is 0.0761. The number of carbonyl (C=O) groups excluding carboxylic acids is 1. The predicted octanol–water partition coefficient (Wildman–Crippen LogP) is 5.43. The highest BCUT2D eigenvalue weighted by Gasteiger charge is 2.68. The van der Waals surface area contributed by atoms with Gasteiger partial charge in [-0.05, 0) is 68.1 Å². The minimum atomic E-state index is -0.303. The third-order valence-electron chi connectivity index (χ3n) is 10.6. The first-order valence-electron chi connectivity index (χ1n) is 12.0. The number of hydrogen-bond acceptors (Lipinski definition) is 3. The molecule has 0 radical (unpaired) electrons. The van der Waals surface area contributed by atoms with Crippen molar-refractivity contribution < 1.29 is 14.3 Å². The Kier molecular flexibility index (Phi) is 3.71. The zero-order valence-electron chi connectivity index (χ0n) is 17.7. The van der Waals surface area contributed by atoms with Crippen molar-refractivity contribution in [3.05, 3.63) is 11.6 Å². The number of hydrogen-bond donors (Lipinski definition) is 0. The van der Waals surface area contributed by atoms with Crippen LogP contribution in [0.2, 0.25) is 0 Å².